The Labute approximate surface area is 132 Å². The van der Waals surface area contributed by atoms with Crippen LogP contribution < -0.4 is 5.19 Å². The summed E-state index contributed by atoms with van der Waals surface area (Å²) in [6.45, 7) is 16.2. The molecule has 0 spiro atoms. The molecule has 0 atom stereocenters. The summed E-state index contributed by atoms with van der Waals surface area (Å²) in [5, 5.41) is 1.45. The summed E-state index contributed by atoms with van der Waals surface area (Å²) < 4.78 is 5.39. The van der Waals surface area contributed by atoms with Gasteiger partial charge >= 0.3 is 7.02 Å². The van der Waals surface area contributed by atoms with Crippen molar-refractivity contribution in [3.05, 3.63) is 30.3 Å². The second-order valence-electron chi connectivity index (χ2n) is 7.60. The lowest BCUT2D eigenvalue weighted by Gasteiger charge is -2.48. The van der Waals surface area contributed by atoms with Crippen LogP contribution in [0.25, 0.3) is 0 Å². The normalized spacial score (nSPS) is 21.4. The second-order valence-corrected chi connectivity index (χ2v) is 13.7. The fourth-order valence-electron chi connectivity index (χ4n) is 3.16. The maximum atomic E-state index is 4.25. The van der Waals surface area contributed by atoms with Crippen molar-refractivity contribution < 1.29 is 0 Å². The highest BCUT2D eigenvalue weighted by Crippen LogP contribution is 2.38. The fraction of sp³-hybridized carbons (Fsp3) is 0.625. The number of hydrogen-bond acceptors (Lipinski definition) is 2. The van der Waals surface area contributed by atoms with Crippen LogP contribution >= 0.6 is 15.3 Å². The highest BCUT2D eigenvalue weighted by Gasteiger charge is 2.56. The molecule has 1 saturated heterocycles. The smallest absolute Gasteiger partial charge is 0.294 e. The third-order valence-corrected chi connectivity index (χ3v) is 12.3. The minimum Gasteiger partial charge on any atom is -0.294 e. The molecule has 0 aromatic heterocycles. The monoisotopic (exact) mass is 354 g/mol. The van der Waals surface area contributed by atoms with Gasteiger partial charge in [-0.3, -0.25) is 9.13 Å². The average molecular weight is 355 g/mol. The summed E-state index contributed by atoms with van der Waals surface area (Å²) in [5.74, 6) is 0. The zero-order valence-electron chi connectivity index (χ0n) is 13.6. The molecule has 20 heavy (non-hydrogen) atoms. The van der Waals surface area contributed by atoms with Crippen molar-refractivity contribution in [1.29, 1.82) is 0 Å². The lowest BCUT2D eigenvalue weighted by molar-refractivity contribution is 0.269. The van der Waals surface area contributed by atoms with Crippen LogP contribution in [0.5, 0.6) is 0 Å². The molecule has 1 fully saturated rings. The van der Waals surface area contributed by atoms with Crippen LogP contribution in [0.4, 0.5) is 0 Å². The molecule has 2 nitrogen and oxygen atoms in total. The van der Waals surface area contributed by atoms with Gasteiger partial charge in [-0.2, -0.15) is 0 Å². The van der Waals surface area contributed by atoms with Crippen LogP contribution in [0, 0.1) is 0 Å². The van der Waals surface area contributed by atoms with Crippen molar-refractivity contribution in [1.82, 2.24) is 9.13 Å². The van der Waals surface area contributed by atoms with E-state index in [1.165, 1.54) is 5.19 Å². The Balaban J connectivity index is 2.55. The van der Waals surface area contributed by atoms with Crippen LogP contribution in [-0.4, -0.2) is 40.3 Å². The number of benzene rings is 1. The number of rotatable bonds is 1. The van der Waals surface area contributed by atoms with Gasteiger partial charge in [0, 0.05) is 24.2 Å². The molecule has 2 rings (SSSR count). The fourth-order valence-corrected chi connectivity index (χ4v) is 12.3. The molecule has 0 N–H and O–H groups in total. The zero-order chi connectivity index (χ0) is 15.2. The molecule has 0 bridgehead atoms. The first-order valence-corrected chi connectivity index (χ1v) is 11.5. The summed E-state index contributed by atoms with van der Waals surface area (Å²) in [4.78, 5) is 0. The molecule has 1 aromatic carbocycles. The van der Waals surface area contributed by atoms with Gasteiger partial charge in [-0.15, -0.1) is 0 Å². The van der Waals surface area contributed by atoms with Crippen LogP contribution in [0.1, 0.15) is 41.5 Å². The Hall–Kier alpha value is -0.163. The predicted octanol–water partition coefficient (Wildman–Crippen LogP) is 3.44. The standard InChI is InChI=1S/C16H27BrN2Si/c1-15(2,3)18-12-13-19(16(4,5)6)20(18,17)14-10-8-7-9-11-14/h7-11H,12-13H2,1-6H3. The molecule has 0 amide bonds. The quantitative estimate of drug-likeness (QED) is 0.562. The highest BCUT2D eigenvalue weighted by molar-refractivity contribution is 9.26. The van der Waals surface area contributed by atoms with Crippen molar-refractivity contribution >= 4 is 27.5 Å². The van der Waals surface area contributed by atoms with E-state index < -0.39 is 7.02 Å². The van der Waals surface area contributed by atoms with Gasteiger partial charge in [0.15, 0.2) is 0 Å². The molecule has 0 aliphatic carbocycles. The van der Waals surface area contributed by atoms with Gasteiger partial charge in [0.2, 0.25) is 0 Å². The lowest BCUT2D eigenvalue weighted by atomic mass is 10.1. The molecule has 0 radical (unpaired) electrons. The first kappa shape index (κ1) is 16.2. The van der Waals surface area contributed by atoms with Crippen molar-refractivity contribution in [3.63, 3.8) is 0 Å². The van der Waals surface area contributed by atoms with Gasteiger partial charge in [-0.05, 0) is 46.7 Å². The average Bonchev–Trinajstić information content (AvgIpc) is 2.69. The van der Waals surface area contributed by atoms with Crippen molar-refractivity contribution in [2.75, 3.05) is 13.1 Å². The molecule has 1 heterocycles. The Morgan fingerprint density at radius 1 is 0.850 bits per heavy atom. The van der Waals surface area contributed by atoms with E-state index in [1.807, 2.05) is 0 Å². The molecule has 1 aromatic rings. The molecule has 4 heteroatoms. The van der Waals surface area contributed by atoms with Gasteiger partial charge in [-0.1, -0.05) is 45.6 Å². The molecule has 0 saturated carbocycles. The van der Waals surface area contributed by atoms with Gasteiger partial charge in [0.05, 0.1) is 0 Å². The van der Waals surface area contributed by atoms with Crippen LogP contribution in [0.15, 0.2) is 30.3 Å². The minimum atomic E-state index is -2.01. The third-order valence-electron chi connectivity index (χ3n) is 4.02. The summed E-state index contributed by atoms with van der Waals surface area (Å²) >= 11 is 4.25. The maximum absolute atomic E-state index is 4.25. The van der Waals surface area contributed by atoms with E-state index in [1.54, 1.807) is 0 Å². The largest absolute Gasteiger partial charge is 0.314 e. The number of hydrogen-bond donors (Lipinski definition) is 0. The van der Waals surface area contributed by atoms with E-state index in [0.717, 1.165) is 13.1 Å². The first-order chi connectivity index (χ1) is 9.08. The van der Waals surface area contributed by atoms with E-state index in [-0.39, 0.29) is 11.1 Å². The molecule has 1 aliphatic heterocycles. The topological polar surface area (TPSA) is 6.48 Å². The second kappa shape index (κ2) is 5.23. The van der Waals surface area contributed by atoms with E-state index >= 15 is 0 Å². The van der Waals surface area contributed by atoms with Crippen LogP contribution in [0.3, 0.4) is 0 Å². The van der Waals surface area contributed by atoms with Gasteiger partial charge < -0.3 is 0 Å². The van der Waals surface area contributed by atoms with E-state index in [4.69, 9.17) is 0 Å². The van der Waals surface area contributed by atoms with E-state index in [2.05, 4.69) is 96.3 Å². The Bertz CT molecular complexity index is 440. The van der Waals surface area contributed by atoms with Gasteiger partial charge in [0.1, 0.15) is 0 Å². The molecule has 1 aliphatic rings. The Morgan fingerprint density at radius 3 is 1.60 bits per heavy atom. The minimum absolute atomic E-state index is 0.172. The Kier molecular flexibility index (Phi) is 4.24. The van der Waals surface area contributed by atoms with Crippen molar-refractivity contribution in [2.45, 2.75) is 52.6 Å². The Morgan fingerprint density at radius 2 is 1.25 bits per heavy atom. The third kappa shape index (κ3) is 2.76. The molecular formula is C16H27BrN2Si. The van der Waals surface area contributed by atoms with Crippen molar-refractivity contribution in [2.24, 2.45) is 0 Å². The van der Waals surface area contributed by atoms with Gasteiger partial charge in [-0.25, -0.2) is 0 Å². The van der Waals surface area contributed by atoms with Crippen molar-refractivity contribution in [3.8, 4) is 0 Å². The zero-order valence-corrected chi connectivity index (χ0v) is 16.2. The summed E-state index contributed by atoms with van der Waals surface area (Å²) in [6.07, 6.45) is 0. The highest BCUT2D eigenvalue weighted by atomic mass is 79.9. The predicted molar refractivity (Wildman–Crippen MR) is 93.7 cm³/mol. The molecule has 112 valence electrons. The number of halogens is 1. The molecular weight excluding hydrogens is 328 g/mol. The summed E-state index contributed by atoms with van der Waals surface area (Å²) in [7, 11) is -2.01. The number of nitrogens with zero attached hydrogens (tertiary/aromatic N) is 2. The van der Waals surface area contributed by atoms with Gasteiger partial charge in [0.25, 0.3) is 0 Å². The lowest BCUT2D eigenvalue weighted by Crippen LogP contribution is -2.70. The first-order valence-electron chi connectivity index (χ1n) is 7.38. The van der Waals surface area contributed by atoms with Crippen LogP contribution in [0.2, 0.25) is 0 Å². The summed E-state index contributed by atoms with van der Waals surface area (Å²) in [6, 6.07) is 11.0. The van der Waals surface area contributed by atoms with Crippen LogP contribution in [-0.2, 0) is 0 Å². The molecule has 0 unspecified atom stereocenters. The maximum Gasteiger partial charge on any atom is 0.314 e. The van der Waals surface area contributed by atoms with E-state index in [0.29, 0.717) is 0 Å². The SMILES string of the molecule is CC(C)(C)N1CCN(C(C)(C)C)[Si]1(Br)c1ccccc1. The van der Waals surface area contributed by atoms with E-state index in [9.17, 15) is 0 Å². The summed E-state index contributed by atoms with van der Waals surface area (Å²) in [5.41, 5.74) is 0.344.